The number of aliphatic hydroxyl groups is 1. The molecule has 3 aromatic rings. The number of carbonyl (C=O) groups excluding carboxylic acids is 2. The highest BCUT2D eigenvalue weighted by molar-refractivity contribution is 6.21. The van der Waals surface area contributed by atoms with Gasteiger partial charge in [-0.3, -0.25) is 14.6 Å². The lowest BCUT2D eigenvalue weighted by molar-refractivity contribution is -0.119. The molecule has 4 rings (SSSR count). The topological polar surface area (TPSA) is 82.1 Å². The third-order valence-electron chi connectivity index (χ3n) is 6.72. The molecule has 2 unspecified atom stereocenters. The average molecular weight is 590 g/mol. The number of aliphatic hydroxyl groups excluding tert-OH is 1. The molecule has 2 atom stereocenters. The number of halogens is 4. The van der Waals surface area contributed by atoms with Gasteiger partial charge in [-0.15, -0.1) is 0 Å². The second-order valence-electron chi connectivity index (χ2n) is 9.94. The minimum Gasteiger partial charge on any atom is -0.442 e. The zero-order valence-electron chi connectivity index (χ0n) is 22.4. The number of nitrogens with one attached hydrogen (secondary N) is 1. The Bertz CT molecular complexity index is 1340. The molecule has 1 aliphatic rings. The fourth-order valence-corrected chi connectivity index (χ4v) is 4.68. The van der Waals surface area contributed by atoms with Crippen LogP contribution in [0.25, 0.3) is 11.1 Å². The number of hydrogen-bond donors (Lipinski definition) is 2. The first kappa shape index (κ1) is 30.4. The Morgan fingerprint density at radius 2 is 1.88 bits per heavy atom. The fraction of sp³-hybridized carbons (Fsp3) is 0.333. The molecule has 1 aliphatic heterocycles. The number of rotatable bonds is 12. The second-order valence-corrected chi connectivity index (χ2v) is 10.5. The highest BCUT2D eigenvalue weighted by Gasteiger charge is 2.33. The maximum absolute atomic E-state index is 15.1. The van der Waals surface area contributed by atoms with Crippen molar-refractivity contribution in [1.29, 1.82) is 0 Å². The molecule has 1 saturated heterocycles. The summed E-state index contributed by atoms with van der Waals surface area (Å²) >= 11 is 5.11. The fourth-order valence-electron chi connectivity index (χ4n) is 4.60. The smallest absolute Gasteiger partial charge is 0.414 e. The van der Waals surface area contributed by atoms with Crippen molar-refractivity contribution < 1.29 is 32.6 Å². The van der Waals surface area contributed by atoms with Gasteiger partial charge in [0.05, 0.1) is 24.9 Å². The van der Waals surface area contributed by atoms with Crippen LogP contribution in [0.15, 0.2) is 72.8 Å². The van der Waals surface area contributed by atoms with Gasteiger partial charge in [0.25, 0.3) is 0 Å². The molecule has 7 nitrogen and oxygen atoms in total. The molecule has 0 aliphatic carbocycles. The monoisotopic (exact) mass is 589 g/mol. The lowest BCUT2D eigenvalue weighted by atomic mass is 10.0. The van der Waals surface area contributed by atoms with E-state index in [4.69, 9.17) is 16.3 Å². The maximum Gasteiger partial charge on any atom is 0.414 e. The minimum absolute atomic E-state index is 0.0172. The van der Waals surface area contributed by atoms with Crippen molar-refractivity contribution in [3.8, 4) is 11.1 Å². The molecule has 11 heteroatoms. The summed E-state index contributed by atoms with van der Waals surface area (Å²) in [5.41, 5.74) is 2.64. The molecular weight excluding hydrogens is 559 g/mol. The number of amides is 2. The number of nitrogens with zero attached hydrogens (tertiary/aromatic N) is 2. The van der Waals surface area contributed by atoms with Crippen LogP contribution in [0, 0.1) is 5.82 Å². The Balaban J connectivity index is 1.42. The highest BCUT2D eigenvalue weighted by atomic mass is 35.5. The Hall–Kier alpha value is -3.60. The van der Waals surface area contributed by atoms with Gasteiger partial charge in [-0.05, 0) is 46.5 Å². The molecule has 1 fully saturated rings. The van der Waals surface area contributed by atoms with E-state index in [9.17, 15) is 23.5 Å². The molecule has 0 saturated carbocycles. The van der Waals surface area contributed by atoms with Crippen LogP contribution < -0.4 is 10.2 Å². The summed E-state index contributed by atoms with van der Waals surface area (Å²) in [6, 6.07) is 20.4. The Labute approximate surface area is 241 Å². The Morgan fingerprint density at radius 3 is 2.51 bits per heavy atom. The predicted octanol–water partition coefficient (Wildman–Crippen LogP) is 5.71. The minimum atomic E-state index is -3.34. The first-order chi connectivity index (χ1) is 19.5. The SMILES string of the molecule is CC(=O)NCC1CN(c2ccc(-c3ccc(C(O)CN(CCC(F)(F)Cl)Cc4ccccc4)cc3)c(F)c2)C(=O)O1. The molecule has 218 valence electrons. The maximum atomic E-state index is 15.1. The second kappa shape index (κ2) is 13.4. The van der Waals surface area contributed by atoms with Crippen molar-refractivity contribution in [2.24, 2.45) is 0 Å². The molecule has 41 heavy (non-hydrogen) atoms. The van der Waals surface area contributed by atoms with E-state index in [1.54, 1.807) is 41.3 Å². The first-order valence-corrected chi connectivity index (χ1v) is 13.5. The van der Waals surface area contributed by atoms with E-state index in [1.165, 1.54) is 17.9 Å². The number of benzene rings is 3. The highest BCUT2D eigenvalue weighted by Crippen LogP contribution is 2.30. The summed E-state index contributed by atoms with van der Waals surface area (Å²) in [5, 5.41) is 10.1. The molecule has 0 spiro atoms. The average Bonchev–Trinajstić information content (AvgIpc) is 3.31. The van der Waals surface area contributed by atoms with Crippen LogP contribution in [0.1, 0.15) is 30.6 Å². The summed E-state index contributed by atoms with van der Waals surface area (Å²) in [4.78, 5) is 26.4. The quantitative estimate of drug-likeness (QED) is 0.265. The Morgan fingerprint density at radius 1 is 1.17 bits per heavy atom. The molecular formula is C30H31ClF3N3O4. The van der Waals surface area contributed by atoms with Crippen LogP contribution in [0.4, 0.5) is 23.7 Å². The van der Waals surface area contributed by atoms with E-state index >= 15 is 4.39 Å². The van der Waals surface area contributed by atoms with Gasteiger partial charge in [0.1, 0.15) is 11.9 Å². The standard InChI is InChI=1S/C30H31ClF3N3O4/c1-20(38)35-16-25-18-37(29(40)41-25)24-11-12-26(27(32)15-24)22-7-9-23(10-8-22)28(39)19-36(14-13-30(31,33)34)17-21-5-3-2-4-6-21/h2-12,15,25,28,39H,13-14,16-19H2,1H3,(H,35,38). The van der Waals surface area contributed by atoms with E-state index in [2.05, 4.69) is 5.32 Å². The van der Waals surface area contributed by atoms with E-state index in [0.29, 0.717) is 28.9 Å². The molecule has 0 radical (unpaired) electrons. The largest absolute Gasteiger partial charge is 0.442 e. The van der Waals surface area contributed by atoms with Gasteiger partial charge in [-0.25, -0.2) is 9.18 Å². The number of anilines is 1. The zero-order chi connectivity index (χ0) is 29.6. The van der Waals surface area contributed by atoms with Crippen molar-refractivity contribution in [3.05, 3.63) is 89.7 Å². The predicted molar refractivity (Wildman–Crippen MR) is 150 cm³/mol. The van der Waals surface area contributed by atoms with Crippen LogP contribution in [-0.4, -0.2) is 59.7 Å². The van der Waals surface area contributed by atoms with Crippen molar-refractivity contribution in [2.45, 2.75) is 37.5 Å². The van der Waals surface area contributed by atoms with Crippen LogP contribution >= 0.6 is 11.6 Å². The number of cyclic esters (lactones) is 1. The summed E-state index contributed by atoms with van der Waals surface area (Å²) in [6.07, 6.45) is -2.70. The number of alkyl halides is 3. The lowest BCUT2D eigenvalue weighted by Crippen LogP contribution is -2.33. The number of carbonyl (C=O) groups is 2. The summed E-state index contributed by atoms with van der Waals surface area (Å²) in [7, 11) is 0. The molecule has 3 aromatic carbocycles. The van der Waals surface area contributed by atoms with Crippen LogP contribution in [-0.2, 0) is 16.1 Å². The van der Waals surface area contributed by atoms with E-state index in [-0.39, 0.29) is 32.1 Å². The van der Waals surface area contributed by atoms with Gasteiger partial charge in [-0.1, -0.05) is 54.6 Å². The molecule has 2 amide bonds. The molecule has 1 heterocycles. The summed E-state index contributed by atoms with van der Waals surface area (Å²) in [5.74, 6) is -0.793. The number of ether oxygens (including phenoxy) is 1. The van der Waals surface area contributed by atoms with E-state index < -0.39 is 35.9 Å². The van der Waals surface area contributed by atoms with Crippen molar-refractivity contribution >= 4 is 29.3 Å². The zero-order valence-corrected chi connectivity index (χ0v) is 23.2. The normalized spacial score (nSPS) is 16.1. The van der Waals surface area contributed by atoms with Gasteiger partial charge < -0.3 is 15.2 Å². The first-order valence-electron chi connectivity index (χ1n) is 13.1. The van der Waals surface area contributed by atoms with E-state index in [1.807, 2.05) is 30.3 Å². The third kappa shape index (κ3) is 8.69. The van der Waals surface area contributed by atoms with Gasteiger partial charge in [0.15, 0.2) is 0 Å². The third-order valence-corrected chi connectivity index (χ3v) is 6.90. The lowest BCUT2D eigenvalue weighted by Gasteiger charge is -2.26. The molecule has 2 N–H and O–H groups in total. The van der Waals surface area contributed by atoms with Crippen LogP contribution in [0.2, 0.25) is 0 Å². The molecule has 0 bridgehead atoms. The summed E-state index contributed by atoms with van der Waals surface area (Å²) in [6.45, 7) is 2.14. The number of hydrogen-bond acceptors (Lipinski definition) is 5. The van der Waals surface area contributed by atoms with Crippen LogP contribution in [0.3, 0.4) is 0 Å². The van der Waals surface area contributed by atoms with Crippen molar-refractivity contribution in [2.75, 3.05) is 31.1 Å². The van der Waals surface area contributed by atoms with Gasteiger partial charge in [0.2, 0.25) is 5.91 Å². The summed E-state index contributed by atoms with van der Waals surface area (Å²) < 4.78 is 47.0. The van der Waals surface area contributed by atoms with Crippen molar-refractivity contribution in [1.82, 2.24) is 10.2 Å². The van der Waals surface area contributed by atoms with Crippen LogP contribution in [0.5, 0.6) is 0 Å². The van der Waals surface area contributed by atoms with Crippen molar-refractivity contribution in [3.63, 3.8) is 0 Å². The van der Waals surface area contributed by atoms with Gasteiger partial charge in [0, 0.05) is 38.5 Å². The van der Waals surface area contributed by atoms with Gasteiger partial charge in [-0.2, -0.15) is 8.78 Å². The Kier molecular flexibility index (Phi) is 9.90. The van der Waals surface area contributed by atoms with E-state index in [0.717, 1.165) is 5.56 Å². The molecule has 0 aromatic heterocycles. The van der Waals surface area contributed by atoms with Gasteiger partial charge >= 0.3 is 11.5 Å².